The Balaban J connectivity index is 1.94. The first kappa shape index (κ1) is 14.9. The molecule has 1 N–H and O–H groups in total. The second kappa shape index (κ2) is 6.76. The smallest absolute Gasteiger partial charge is 0.123 e. The van der Waals surface area contributed by atoms with Crippen molar-refractivity contribution in [1.82, 2.24) is 5.32 Å². The highest BCUT2D eigenvalue weighted by Gasteiger charge is 2.26. The van der Waals surface area contributed by atoms with E-state index in [4.69, 9.17) is 10.00 Å². The number of benzene rings is 1. The molecule has 1 saturated carbocycles. The van der Waals surface area contributed by atoms with Crippen molar-refractivity contribution in [2.24, 2.45) is 5.41 Å². The molecule has 108 valence electrons. The van der Waals surface area contributed by atoms with Gasteiger partial charge >= 0.3 is 0 Å². The van der Waals surface area contributed by atoms with Crippen LogP contribution in [0.3, 0.4) is 0 Å². The molecule has 1 aliphatic rings. The van der Waals surface area contributed by atoms with Crippen LogP contribution >= 0.6 is 0 Å². The summed E-state index contributed by atoms with van der Waals surface area (Å²) in [5.74, 6) is 0.852. The molecule has 0 aliphatic heterocycles. The van der Waals surface area contributed by atoms with Crippen molar-refractivity contribution in [3.8, 4) is 11.8 Å². The molecular formula is C17H24N2O. The molecule has 20 heavy (non-hydrogen) atoms. The Labute approximate surface area is 121 Å². The van der Waals surface area contributed by atoms with Gasteiger partial charge in [-0.15, -0.1) is 0 Å². The van der Waals surface area contributed by atoms with Crippen LogP contribution in [0.2, 0.25) is 0 Å². The Hall–Kier alpha value is -1.53. The first-order valence-corrected chi connectivity index (χ1v) is 7.45. The van der Waals surface area contributed by atoms with Crippen molar-refractivity contribution in [3.63, 3.8) is 0 Å². The second-order valence-electron chi connectivity index (χ2n) is 6.11. The summed E-state index contributed by atoms with van der Waals surface area (Å²) in [6, 6.07) is 7.76. The largest absolute Gasteiger partial charge is 0.496 e. The highest BCUT2D eigenvalue weighted by Crippen LogP contribution is 2.35. The predicted molar refractivity (Wildman–Crippen MR) is 80.6 cm³/mol. The lowest BCUT2D eigenvalue weighted by molar-refractivity contribution is 0.207. The van der Waals surface area contributed by atoms with Crippen molar-refractivity contribution in [2.75, 3.05) is 13.7 Å². The molecule has 0 unspecified atom stereocenters. The van der Waals surface area contributed by atoms with E-state index >= 15 is 0 Å². The number of nitriles is 1. The van der Waals surface area contributed by atoms with Crippen LogP contribution in [0.5, 0.6) is 5.75 Å². The number of ether oxygens (including phenoxy) is 1. The molecule has 0 atom stereocenters. The molecule has 0 amide bonds. The van der Waals surface area contributed by atoms with Gasteiger partial charge in [0.15, 0.2) is 0 Å². The van der Waals surface area contributed by atoms with Crippen LogP contribution in [0.25, 0.3) is 0 Å². The van der Waals surface area contributed by atoms with Gasteiger partial charge in [0.05, 0.1) is 18.7 Å². The van der Waals surface area contributed by atoms with Crippen molar-refractivity contribution in [1.29, 1.82) is 5.26 Å². The number of hydrogen-bond donors (Lipinski definition) is 1. The average molecular weight is 272 g/mol. The third-order valence-corrected chi connectivity index (χ3v) is 4.34. The SMILES string of the molecule is COc1ccc(C#N)cc1CNCC1(C)CCCCC1. The quantitative estimate of drug-likeness (QED) is 0.890. The number of nitrogens with zero attached hydrogens (tertiary/aromatic N) is 1. The fourth-order valence-corrected chi connectivity index (χ4v) is 3.07. The highest BCUT2D eigenvalue weighted by molar-refractivity contribution is 5.41. The number of nitrogens with one attached hydrogen (secondary N) is 1. The zero-order valence-electron chi connectivity index (χ0n) is 12.5. The maximum absolute atomic E-state index is 8.98. The van der Waals surface area contributed by atoms with Crippen molar-refractivity contribution in [2.45, 2.75) is 45.6 Å². The van der Waals surface area contributed by atoms with Gasteiger partial charge in [-0.2, -0.15) is 5.26 Å². The minimum absolute atomic E-state index is 0.429. The number of rotatable bonds is 5. The Kier molecular flexibility index (Phi) is 5.03. The Morgan fingerprint density at radius 1 is 1.30 bits per heavy atom. The van der Waals surface area contributed by atoms with Gasteiger partial charge < -0.3 is 10.1 Å². The Bertz CT molecular complexity index is 484. The summed E-state index contributed by atoms with van der Waals surface area (Å²) in [6.45, 7) is 4.17. The second-order valence-corrected chi connectivity index (χ2v) is 6.11. The average Bonchev–Trinajstić information content (AvgIpc) is 2.47. The molecule has 1 aromatic rings. The molecule has 3 heteroatoms. The third kappa shape index (κ3) is 3.74. The third-order valence-electron chi connectivity index (χ3n) is 4.34. The minimum atomic E-state index is 0.429. The number of hydrogen-bond acceptors (Lipinski definition) is 3. The number of methoxy groups -OCH3 is 1. The molecule has 1 aromatic carbocycles. The Morgan fingerprint density at radius 2 is 2.05 bits per heavy atom. The molecule has 0 spiro atoms. The van der Waals surface area contributed by atoms with E-state index in [1.54, 1.807) is 13.2 Å². The molecule has 0 aromatic heterocycles. The predicted octanol–water partition coefficient (Wildman–Crippen LogP) is 3.63. The van der Waals surface area contributed by atoms with E-state index < -0.39 is 0 Å². The van der Waals surface area contributed by atoms with E-state index in [0.717, 1.165) is 24.4 Å². The summed E-state index contributed by atoms with van der Waals surface area (Å²) >= 11 is 0. The standard InChI is InChI=1S/C17H24N2O/c1-17(8-4-3-5-9-17)13-19-12-15-10-14(11-18)6-7-16(15)20-2/h6-7,10,19H,3-5,8-9,12-13H2,1-2H3. The molecule has 1 aliphatic carbocycles. The normalized spacial score (nSPS) is 17.4. The summed E-state index contributed by atoms with van der Waals surface area (Å²) in [6.07, 6.45) is 6.72. The zero-order valence-corrected chi connectivity index (χ0v) is 12.5. The first-order chi connectivity index (χ1) is 9.67. The van der Waals surface area contributed by atoms with E-state index in [9.17, 15) is 0 Å². The van der Waals surface area contributed by atoms with Crippen LogP contribution < -0.4 is 10.1 Å². The summed E-state index contributed by atoms with van der Waals surface area (Å²) in [5, 5.41) is 12.5. The lowest BCUT2D eigenvalue weighted by Crippen LogP contribution is -2.33. The first-order valence-electron chi connectivity index (χ1n) is 7.45. The minimum Gasteiger partial charge on any atom is -0.496 e. The van der Waals surface area contributed by atoms with Crippen LogP contribution in [0, 0.1) is 16.7 Å². The molecule has 0 heterocycles. The van der Waals surface area contributed by atoms with Crippen molar-refractivity contribution < 1.29 is 4.74 Å². The lowest BCUT2D eigenvalue weighted by atomic mass is 9.76. The van der Waals surface area contributed by atoms with Gasteiger partial charge in [-0.3, -0.25) is 0 Å². The monoisotopic (exact) mass is 272 g/mol. The summed E-state index contributed by atoms with van der Waals surface area (Å²) < 4.78 is 5.36. The van der Waals surface area contributed by atoms with Crippen LogP contribution in [0.1, 0.15) is 50.2 Å². The van der Waals surface area contributed by atoms with Gasteiger partial charge in [-0.1, -0.05) is 26.2 Å². The lowest BCUT2D eigenvalue weighted by Gasteiger charge is -2.33. The van der Waals surface area contributed by atoms with Gasteiger partial charge in [0.1, 0.15) is 5.75 Å². The Morgan fingerprint density at radius 3 is 2.70 bits per heavy atom. The van der Waals surface area contributed by atoms with Gasteiger partial charge in [0, 0.05) is 18.7 Å². The van der Waals surface area contributed by atoms with Crippen LogP contribution in [0.4, 0.5) is 0 Å². The van der Waals surface area contributed by atoms with E-state index in [1.165, 1.54) is 32.1 Å². The maximum atomic E-state index is 8.98. The van der Waals surface area contributed by atoms with Gasteiger partial charge in [0.25, 0.3) is 0 Å². The van der Waals surface area contributed by atoms with E-state index in [-0.39, 0.29) is 0 Å². The molecule has 3 nitrogen and oxygen atoms in total. The molecule has 0 saturated heterocycles. The fraction of sp³-hybridized carbons (Fsp3) is 0.588. The summed E-state index contributed by atoms with van der Waals surface area (Å²) in [5.41, 5.74) is 2.18. The molecular weight excluding hydrogens is 248 g/mol. The fourth-order valence-electron chi connectivity index (χ4n) is 3.07. The molecule has 1 fully saturated rings. The molecule has 0 radical (unpaired) electrons. The van der Waals surface area contributed by atoms with Crippen LogP contribution in [-0.4, -0.2) is 13.7 Å². The van der Waals surface area contributed by atoms with Crippen LogP contribution in [0.15, 0.2) is 18.2 Å². The molecule has 2 rings (SSSR count). The van der Waals surface area contributed by atoms with Crippen LogP contribution in [-0.2, 0) is 6.54 Å². The van der Waals surface area contributed by atoms with E-state index in [0.29, 0.717) is 11.0 Å². The summed E-state index contributed by atoms with van der Waals surface area (Å²) in [4.78, 5) is 0. The maximum Gasteiger partial charge on any atom is 0.123 e. The van der Waals surface area contributed by atoms with Gasteiger partial charge in [-0.25, -0.2) is 0 Å². The molecule has 0 bridgehead atoms. The van der Waals surface area contributed by atoms with E-state index in [1.807, 2.05) is 12.1 Å². The topological polar surface area (TPSA) is 45.0 Å². The highest BCUT2D eigenvalue weighted by atomic mass is 16.5. The van der Waals surface area contributed by atoms with Crippen molar-refractivity contribution >= 4 is 0 Å². The van der Waals surface area contributed by atoms with Gasteiger partial charge in [-0.05, 0) is 36.5 Å². The zero-order chi connectivity index (χ0) is 14.4. The van der Waals surface area contributed by atoms with E-state index in [2.05, 4.69) is 18.3 Å². The summed E-state index contributed by atoms with van der Waals surface area (Å²) in [7, 11) is 1.67. The van der Waals surface area contributed by atoms with Gasteiger partial charge in [0.2, 0.25) is 0 Å². The van der Waals surface area contributed by atoms with Crippen molar-refractivity contribution in [3.05, 3.63) is 29.3 Å².